The van der Waals surface area contributed by atoms with Gasteiger partial charge in [0.2, 0.25) is 0 Å². The Morgan fingerprint density at radius 2 is 1.80 bits per heavy atom. The first-order valence-corrected chi connectivity index (χ1v) is 6.12. The second-order valence-corrected chi connectivity index (χ2v) is 5.85. The summed E-state index contributed by atoms with van der Waals surface area (Å²) in [5, 5.41) is 0. The molecule has 0 amide bonds. The van der Waals surface area contributed by atoms with Crippen LogP contribution in [0.5, 0.6) is 0 Å². The van der Waals surface area contributed by atoms with Crippen LogP contribution >= 0.6 is 0 Å². The highest BCUT2D eigenvalue weighted by atomic mass is 16.1. The van der Waals surface area contributed by atoms with E-state index < -0.39 is 0 Å². The van der Waals surface area contributed by atoms with Crippen molar-refractivity contribution < 1.29 is 4.79 Å². The molecule has 15 heavy (non-hydrogen) atoms. The van der Waals surface area contributed by atoms with Gasteiger partial charge in [-0.1, -0.05) is 39.8 Å². The van der Waals surface area contributed by atoms with Crippen LogP contribution in [0, 0.1) is 29.1 Å². The summed E-state index contributed by atoms with van der Waals surface area (Å²) in [6, 6.07) is 0. The Labute approximate surface area is 92.9 Å². The van der Waals surface area contributed by atoms with Crippen molar-refractivity contribution in [3.05, 3.63) is 12.2 Å². The second-order valence-electron chi connectivity index (χ2n) is 5.85. The fraction of sp³-hybridized carbons (Fsp3) is 0.786. The van der Waals surface area contributed by atoms with E-state index in [4.69, 9.17) is 0 Å². The molecule has 2 aliphatic carbocycles. The van der Waals surface area contributed by atoms with E-state index in [9.17, 15) is 4.79 Å². The third kappa shape index (κ3) is 1.18. The van der Waals surface area contributed by atoms with Crippen molar-refractivity contribution in [2.24, 2.45) is 29.1 Å². The molecule has 1 spiro atoms. The topological polar surface area (TPSA) is 17.1 Å². The van der Waals surface area contributed by atoms with Gasteiger partial charge in [-0.25, -0.2) is 0 Å². The molecule has 0 N–H and O–H groups in total. The van der Waals surface area contributed by atoms with Gasteiger partial charge in [0, 0.05) is 11.8 Å². The number of hydrogen-bond acceptors (Lipinski definition) is 1. The van der Waals surface area contributed by atoms with Crippen LogP contribution in [-0.2, 0) is 4.79 Å². The maximum atomic E-state index is 12.3. The first kappa shape index (κ1) is 10.9. The SMILES string of the molecule is C=C1CC2(C(=O)CC(C)C2C)C(C)C1C. The molecule has 1 heteroatoms. The van der Waals surface area contributed by atoms with E-state index in [0.29, 0.717) is 29.5 Å². The standard InChI is InChI=1S/C14H22O/c1-8-6-13(15)14(11(8)4)7-9(2)10(3)12(14)5/h8,10-12H,2,6-7H2,1,3-5H3. The average Bonchev–Trinajstić information content (AvgIpc) is 2.53. The molecule has 0 bridgehead atoms. The Hall–Kier alpha value is -0.590. The van der Waals surface area contributed by atoms with Gasteiger partial charge in [0.05, 0.1) is 0 Å². The van der Waals surface area contributed by atoms with Gasteiger partial charge in [-0.05, 0) is 30.1 Å². The van der Waals surface area contributed by atoms with Crippen LogP contribution in [0.2, 0.25) is 0 Å². The molecule has 0 aliphatic heterocycles. The maximum Gasteiger partial charge on any atom is 0.140 e. The summed E-state index contributed by atoms with van der Waals surface area (Å²) in [6.07, 6.45) is 1.73. The Morgan fingerprint density at radius 1 is 1.20 bits per heavy atom. The van der Waals surface area contributed by atoms with Crippen molar-refractivity contribution >= 4 is 5.78 Å². The predicted octanol–water partition coefficient (Wildman–Crippen LogP) is 3.45. The summed E-state index contributed by atoms with van der Waals surface area (Å²) in [5.41, 5.74) is 1.23. The van der Waals surface area contributed by atoms with Gasteiger partial charge in [0.1, 0.15) is 5.78 Å². The minimum Gasteiger partial charge on any atom is -0.299 e. The van der Waals surface area contributed by atoms with E-state index in [1.165, 1.54) is 5.57 Å². The molecule has 2 aliphatic rings. The Balaban J connectivity index is 2.42. The van der Waals surface area contributed by atoms with Crippen LogP contribution in [0.4, 0.5) is 0 Å². The van der Waals surface area contributed by atoms with Gasteiger partial charge in [-0.15, -0.1) is 0 Å². The Bertz CT molecular complexity index is 317. The smallest absolute Gasteiger partial charge is 0.140 e. The largest absolute Gasteiger partial charge is 0.299 e. The lowest BCUT2D eigenvalue weighted by Gasteiger charge is -2.34. The molecule has 5 atom stereocenters. The van der Waals surface area contributed by atoms with E-state index in [2.05, 4.69) is 34.3 Å². The molecular formula is C14H22O. The normalized spacial score (nSPS) is 50.7. The second kappa shape index (κ2) is 3.20. The van der Waals surface area contributed by atoms with Crippen molar-refractivity contribution in [2.45, 2.75) is 40.5 Å². The summed E-state index contributed by atoms with van der Waals surface area (Å²) in [5.74, 6) is 2.58. The lowest BCUT2D eigenvalue weighted by atomic mass is 9.68. The van der Waals surface area contributed by atoms with Crippen molar-refractivity contribution in [3.8, 4) is 0 Å². The first-order chi connectivity index (χ1) is 6.91. The van der Waals surface area contributed by atoms with Crippen molar-refractivity contribution in [3.63, 3.8) is 0 Å². The summed E-state index contributed by atoms with van der Waals surface area (Å²) < 4.78 is 0. The van der Waals surface area contributed by atoms with Crippen LogP contribution in [0.25, 0.3) is 0 Å². The van der Waals surface area contributed by atoms with Gasteiger partial charge in [0.15, 0.2) is 0 Å². The van der Waals surface area contributed by atoms with Crippen molar-refractivity contribution in [1.82, 2.24) is 0 Å². The number of Topliss-reactive ketones (excluding diaryl/α,β-unsaturated/α-hetero) is 1. The monoisotopic (exact) mass is 206 g/mol. The van der Waals surface area contributed by atoms with Crippen molar-refractivity contribution in [2.75, 3.05) is 0 Å². The molecule has 0 aromatic rings. The van der Waals surface area contributed by atoms with E-state index in [0.717, 1.165) is 12.8 Å². The summed E-state index contributed by atoms with van der Waals surface area (Å²) in [7, 11) is 0. The molecule has 0 aromatic carbocycles. The number of carbonyl (C=O) groups excluding carboxylic acids is 1. The zero-order chi connectivity index (χ0) is 11.4. The van der Waals surface area contributed by atoms with Gasteiger partial charge in [-0.3, -0.25) is 4.79 Å². The van der Waals surface area contributed by atoms with Crippen LogP contribution in [0.3, 0.4) is 0 Å². The molecule has 0 radical (unpaired) electrons. The zero-order valence-corrected chi connectivity index (χ0v) is 10.3. The number of ketones is 1. The van der Waals surface area contributed by atoms with E-state index in [-0.39, 0.29) is 5.41 Å². The number of allylic oxidation sites excluding steroid dienone is 1. The molecule has 2 fully saturated rings. The molecule has 84 valence electrons. The molecule has 1 nitrogen and oxygen atoms in total. The van der Waals surface area contributed by atoms with E-state index in [1.54, 1.807) is 0 Å². The highest BCUT2D eigenvalue weighted by Crippen LogP contribution is 2.60. The van der Waals surface area contributed by atoms with Crippen LogP contribution in [0.15, 0.2) is 12.2 Å². The fourth-order valence-corrected chi connectivity index (χ4v) is 3.85. The van der Waals surface area contributed by atoms with Gasteiger partial charge < -0.3 is 0 Å². The van der Waals surface area contributed by atoms with Crippen LogP contribution in [0.1, 0.15) is 40.5 Å². The molecule has 5 unspecified atom stereocenters. The average molecular weight is 206 g/mol. The minimum absolute atomic E-state index is 0.0596. The van der Waals surface area contributed by atoms with E-state index in [1.807, 2.05) is 0 Å². The van der Waals surface area contributed by atoms with Gasteiger partial charge in [0.25, 0.3) is 0 Å². The Kier molecular flexibility index (Phi) is 2.33. The highest BCUT2D eigenvalue weighted by Gasteiger charge is 2.58. The quantitative estimate of drug-likeness (QED) is 0.555. The van der Waals surface area contributed by atoms with E-state index >= 15 is 0 Å². The molecule has 0 heterocycles. The lowest BCUT2D eigenvalue weighted by Crippen LogP contribution is -2.35. The number of rotatable bonds is 0. The zero-order valence-electron chi connectivity index (χ0n) is 10.3. The van der Waals surface area contributed by atoms with Crippen molar-refractivity contribution in [1.29, 1.82) is 0 Å². The molecule has 2 saturated carbocycles. The molecule has 0 aromatic heterocycles. The fourth-order valence-electron chi connectivity index (χ4n) is 3.85. The third-order valence-corrected chi connectivity index (χ3v) is 5.42. The summed E-state index contributed by atoms with van der Waals surface area (Å²) in [4.78, 5) is 12.3. The first-order valence-electron chi connectivity index (χ1n) is 6.12. The molecule has 0 saturated heterocycles. The maximum absolute atomic E-state index is 12.3. The number of carbonyl (C=O) groups is 1. The summed E-state index contributed by atoms with van der Waals surface area (Å²) >= 11 is 0. The minimum atomic E-state index is -0.0596. The highest BCUT2D eigenvalue weighted by molar-refractivity contribution is 5.89. The lowest BCUT2D eigenvalue weighted by molar-refractivity contribution is -0.129. The molecular weight excluding hydrogens is 184 g/mol. The number of hydrogen-bond donors (Lipinski definition) is 0. The van der Waals surface area contributed by atoms with Crippen LogP contribution < -0.4 is 0 Å². The molecule has 2 rings (SSSR count). The van der Waals surface area contributed by atoms with Gasteiger partial charge in [-0.2, -0.15) is 0 Å². The van der Waals surface area contributed by atoms with Gasteiger partial charge >= 0.3 is 0 Å². The summed E-state index contributed by atoms with van der Waals surface area (Å²) in [6.45, 7) is 13.1. The Morgan fingerprint density at radius 3 is 2.13 bits per heavy atom. The third-order valence-electron chi connectivity index (χ3n) is 5.42. The predicted molar refractivity (Wildman–Crippen MR) is 62.5 cm³/mol. The van der Waals surface area contributed by atoms with Crippen LogP contribution in [-0.4, -0.2) is 5.78 Å².